The molecular formula is C16H22O4. The molecule has 0 fully saturated rings. The zero-order valence-electron chi connectivity index (χ0n) is 12.2. The fraction of sp³-hybridized carbons (Fsp3) is 0.625. The van der Waals surface area contributed by atoms with Crippen LogP contribution < -0.4 is 0 Å². The highest BCUT2D eigenvalue weighted by Crippen LogP contribution is 2.18. The van der Waals surface area contributed by atoms with Crippen LogP contribution in [0, 0.1) is 0 Å². The summed E-state index contributed by atoms with van der Waals surface area (Å²) in [5, 5.41) is 10.1. The summed E-state index contributed by atoms with van der Waals surface area (Å²) in [6, 6.07) is 0. The van der Waals surface area contributed by atoms with Gasteiger partial charge in [0.15, 0.2) is 5.78 Å². The van der Waals surface area contributed by atoms with Crippen LogP contribution in [-0.4, -0.2) is 29.1 Å². The summed E-state index contributed by atoms with van der Waals surface area (Å²) in [5.41, 5.74) is 5.28. The van der Waals surface area contributed by atoms with Gasteiger partial charge in [0.25, 0.3) is 0 Å². The first kappa shape index (κ1) is 16.5. The van der Waals surface area contributed by atoms with Crippen LogP contribution in [0.3, 0.4) is 0 Å². The largest absolute Gasteiger partial charge is 0.460 e. The molecule has 0 aliphatic carbocycles. The average Bonchev–Trinajstić information content (AvgIpc) is 2.39. The van der Waals surface area contributed by atoms with Crippen LogP contribution in [0.2, 0.25) is 0 Å². The molecule has 110 valence electrons. The van der Waals surface area contributed by atoms with Crippen LogP contribution in [-0.2, 0) is 14.3 Å². The number of carbonyl (C=O) groups excluding carboxylic acids is 2. The van der Waals surface area contributed by atoms with Gasteiger partial charge in [0.05, 0.1) is 0 Å². The molecule has 4 heteroatoms. The fourth-order valence-electron chi connectivity index (χ4n) is 1.89. The molecule has 0 radical (unpaired) electrons. The number of Topliss-reactive ketones (excluding diaryl/α,β-unsaturated/α-hetero) is 1. The van der Waals surface area contributed by atoms with Gasteiger partial charge >= 0.3 is 5.97 Å². The number of ether oxygens (including phenoxy) is 1. The van der Waals surface area contributed by atoms with Crippen molar-refractivity contribution in [2.75, 3.05) is 6.61 Å². The summed E-state index contributed by atoms with van der Waals surface area (Å²) in [6.45, 7) is 3.56. The highest BCUT2D eigenvalue weighted by atomic mass is 16.5. The van der Waals surface area contributed by atoms with E-state index in [1.807, 2.05) is 13.0 Å². The molecule has 0 saturated carbocycles. The Balaban J connectivity index is 2.76. The third kappa shape index (κ3) is 6.03. The second-order valence-electron chi connectivity index (χ2n) is 5.36. The van der Waals surface area contributed by atoms with Crippen molar-refractivity contribution >= 4 is 11.8 Å². The molecule has 0 spiro atoms. The molecule has 1 aliphatic heterocycles. The minimum absolute atomic E-state index is 0.189. The molecule has 0 aromatic rings. The third-order valence-electron chi connectivity index (χ3n) is 3.23. The van der Waals surface area contributed by atoms with Crippen LogP contribution >= 0.6 is 0 Å². The maximum absolute atomic E-state index is 11.9. The molecule has 1 heterocycles. The molecule has 0 amide bonds. The lowest BCUT2D eigenvalue weighted by molar-refractivity contribution is -0.143. The summed E-state index contributed by atoms with van der Waals surface area (Å²) in [7, 11) is 0. The summed E-state index contributed by atoms with van der Waals surface area (Å²) in [5.74, 6) is -0.550. The van der Waals surface area contributed by atoms with Crippen molar-refractivity contribution in [2.45, 2.75) is 58.0 Å². The van der Waals surface area contributed by atoms with Crippen LogP contribution in [0.25, 0.3) is 0 Å². The molecular weight excluding hydrogens is 256 g/mol. The third-order valence-corrected chi connectivity index (χ3v) is 3.23. The van der Waals surface area contributed by atoms with Gasteiger partial charge < -0.3 is 9.84 Å². The number of hydrogen-bond donors (Lipinski definition) is 1. The van der Waals surface area contributed by atoms with E-state index in [9.17, 15) is 14.7 Å². The van der Waals surface area contributed by atoms with Gasteiger partial charge in [0.2, 0.25) is 0 Å². The van der Waals surface area contributed by atoms with E-state index in [0.29, 0.717) is 19.3 Å². The Kier molecular flexibility index (Phi) is 6.47. The highest BCUT2D eigenvalue weighted by Gasteiger charge is 2.28. The number of ketones is 1. The SMILES string of the molecule is CC1=C=C=CCCC[C@](C)(O)C(=O)CCCC(=O)OC1. The Morgan fingerprint density at radius 1 is 1.30 bits per heavy atom. The number of aliphatic hydroxyl groups is 1. The van der Waals surface area contributed by atoms with E-state index in [4.69, 9.17) is 4.74 Å². The minimum atomic E-state index is -1.31. The fourth-order valence-corrected chi connectivity index (χ4v) is 1.89. The monoisotopic (exact) mass is 278 g/mol. The van der Waals surface area contributed by atoms with Crippen molar-refractivity contribution in [2.24, 2.45) is 0 Å². The molecule has 0 bridgehead atoms. The van der Waals surface area contributed by atoms with Gasteiger partial charge in [-0.2, -0.15) is 0 Å². The number of hydrogen-bond acceptors (Lipinski definition) is 4. The van der Waals surface area contributed by atoms with Gasteiger partial charge in [-0.05, 0) is 45.6 Å². The van der Waals surface area contributed by atoms with Crippen molar-refractivity contribution in [1.29, 1.82) is 0 Å². The van der Waals surface area contributed by atoms with Gasteiger partial charge in [-0.1, -0.05) is 11.5 Å². The van der Waals surface area contributed by atoms with E-state index in [1.165, 1.54) is 6.92 Å². The molecule has 20 heavy (non-hydrogen) atoms. The minimum Gasteiger partial charge on any atom is -0.460 e. The van der Waals surface area contributed by atoms with E-state index in [-0.39, 0.29) is 31.2 Å². The first-order chi connectivity index (χ1) is 9.42. The van der Waals surface area contributed by atoms with E-state index >= 15 is 0 Å². The van der Waals surface area contributed by atoms with Gasteiger partial charge in [-0.15, -0.1) is 0 Å². The van der Waals surface area contributed by atoms with Crippen LogP contribution in [0.15, 0.2) is 23.1 Å². The zero-order chi connectivity index (χ0) is 15.0. The normalized spacial score (nSPS) is 26.4. The maximum atomic E-state index is 11.9. The van der Waals surface area contributed by atoms with Crippen LogP contribution in [0.4, 0.5) is 0 Å². The Morgan fingerprint density at radius 2 is 2.05 bits per heavy atom. The lowest BCUT2D eigenvalue weighted by atomic mass is 9.91. The Labute approximate surface area is 119 Å². The summed E-state index contributed by atoms with van der Waals surface area (Å²) < 4.78 is 5.05. The van der Waals surface area contributed by atoms with E-state index < -0.39 is 5.60 Å². The van der Waals surface area contributed by atoms with E-state index in [1.54, 1.807) is 0 Å². The Bertz CT molecular complexity index is 461. The number of esters is 1. The van der Waals surface area contributed by atoms with Crippen molar-refractivity contribution in [3.05, 3.63) is 23.1 Å². The molecule has 0 saturated heterocycles. The lowest BCUT2D eigenvalue weighted by Crippen LogP contribution is -2.35. The number of allylic oxidation sites excluding steroid dienone is 1. The highest BCUT2D eigenvalue weighted by molar-refractivity contribution is 5.86. The van der Waals surface area contributed by atoms with Crippen molar-refractivity contribution in [3.8, 4) is 0 Å². The van der Waals surface area contributed by atoms with Gasteiger partial charge in [0, 0.05) is 18.4 Å². The topological polar surface area (TPSA) is 63.6 Å². The average molecular weight is 278 g/mol. The summed E-state index contributed by atoms with van der Waals surface area (Å²) in [4.78, 5) is 23.4. The van der Waals surface area contributed by atoms with Crippen LogP contribution in [0.1, 0.15) is 52.4 Å². The molecule has 0 aromatic heterocycles. The van der Waals surface area contributed by atoms with Gasteiger partial charge in [-0.3, -0.25) is 9.59 Å². The van der Waals surface area contributed by atoms with Crippen LogP contribution in [0.5, 0.6) is 0 Å². The summed E-state index contributed by atoms with van der Waals surface area (Å²) in [6.07, 6.45) is 4.46. The molecule has 1 N–H and O–H groups in total. The Hall–Kier alpha value is -1.60. The van der Waals surface area contributed by atoms with Crippen molar-refractivity contribution in [1.82, 2.24) is 0 Å². The number of cyclic esters (lactones) is 1. The zero-order valence-corrected chi connectivity index (χ0v) is 12.2. The standard InChI is InChI=1S/C16H22O4/c1-13-8-5-3-4-6-11-16(2,19)14(17)9-7-10-15(18)20-12-13/h3,19H,4,6-7,9-12H2,1-2H3/t16-/m0/s1. The molecule has 4 nitrogen and oxygen atoms in total. The first-order valence-corrected chi connectivity index (χ1v) is 6.99. The number of rotatable bonds is 0. The van der Waals surface area contributed by atoms with Gasteiger partial charge in [-0.25, -0.2) is 0 Å². The van der Waals surface area contributed by atoms with Gasteiger partial charge in [0.1, 0.15) is 12.2 Å². The van der Waals surface area contributed by atoms with E-state index in [0.717, 1.165) is 12.0 Å². The predicted molar refractivity (Wildman–Crippen MR) is 75.1 cm³/mol. The molecule has 1 aliphatic rings. The van der Waals surface area contributed by atoms with Crippen molar-refractivity contribution < 1.29 is 19.4 Å². The summed E-state index contributed by atoms with van der Waals surface area (Å²) >= 11 is 0. The molecule has 0 unspecified atom stereocenters. The number of carbonyl (C=O) groups is 2. The van der Waals surface area contributed by atoms with E-state index in [2.05, 4.69) is 11.5 Å². The maximum Gasteiger partial charge on any atom is 0.306 e. The first-order valence-electron chi connectivity index (χ1n) is 6.99. The molecule has 1 rings (SSSR count). The van der Waals surface area contributed by atoms with Crippen molar-refractivity contribution in [3.63, 3.8) is 0 Å². The molecule has 1 atom stereocenters. The molecule has 0 aromatic carbocycles. The smallest absolute Gasteiger partial charge is 0.306 e. The predicted octanol–water partition coefficient (Wildman–Crippen LogP) is 2.46. The Morgan fingerprint density at radius 3 is 2.80 bits per heavy atom. The second-order valence-corrected chi connectivity index (χ2v) is 5.36. The quantitative estimate of drug-likeness (QED) is 0.546. The lowest BCUT2D eigenvalue weighted by Gasteiger charge is -2.21. The second kappa shape index (κ2) is 7.86.